The van der Waals surface area contributed by atoms with Crippen LogP contribution in [0.4, 0.5) is 0 Å². The van der Waals surface area contributed by atoms with Crippen molar-refractivity contribution in [1.29, 1.82) is 0 Å². The van der Waals surface area contributed by atoms with Gasteiger partial charge in [0.2, 0.25) is 5.91 Å². The zero-order valence-corrected chi connectivity index (χ0v) is 10.9. The van der Waals surface area contributed by atoms with Crippen LogP contribution in [0.1, 0.15) is 33.1 Å². The lowest BCUT2D eigenvalue weighted by Crippen LogP contribution is -2.42. The summed E-state index contributed by atoms with van der Waals surface area (Å²) in [6, 6.07) is 0.359. The van der Waals surface area contributed by atoms with Gasteiger partial charge >= 0.3 is 0 Å². The fraction of sp³-hybridized carbons (Fsp3) is 0.909. The third-order valence-electron chi connectivity index (χ3n) is 2.48. The second-order valence-electron chi connectivity index (χ2n) is 4.26. The minimum atomic E-state index is 0. The maximum Gasteiger partial charge on any atom is 0.222 e. The second-order valence-corrected chi connectivity index (χ2v) is 4.26. The first-order chi connectivity index (χ1) is 7.18. The zero-order chi connectivity index (χ0) is 11.1. The van der Waals surface area contributed by atoms with E-state index in [1.165, 1.54) is 0 Å². The Hall–Kier alpha value is -0.320. The van der Waals surface area contributed by atoms with E-state index in [2.05, 4.69) is 10.6 Å². The molecule has 1 saturated heterocycles. The van der Waals surface area contributed by atoms with Crippen molar-refractivity contribution >= 4 is 18.3 Å². The Kier molecular flexibility index (Phi) is 8.61. The van der Waals surface area contributed by atoms with E-state index in [1.807, 2.05) is 13.8 Å². The Morgan fingerprint density at radius 1 is 1.44 bits per heavy atom. The number of ether oxygens (including phenoxy) is 1. The molecule has 0 aliphatic carbocycles. The molecule has 0 unspecified atom stereocenters. The number of halogens is 1. The molecule has 1 aliphatic heterocycles. The highest BCUT2D eigenvalue weighted by Gasteiger charge is 2.14. The molecule has 16 heavy (non-hydrogen) atoms. The molecular formula is C11H23ClN2O2. The van der Waals surface area contributed by atoms with Crippen molar-refractivity contribution in [3.8, 4) is 0 Å². The topological polar surface area (TPSA) is 50.4 Å². The number of hydrogen-bond acceptors (Lipinski definition) is 3. The van der Waals surface area contributed by atoms with E-state index < -0.39 is 0 Å². The lowest BCUT2D eigenvalue weighted by atomic mass is 10.1. The van der Waals surface area contributed by atoms with Crippen molar-refractivity contribution in [1.82, 2.24) is 10.6 Å². The van der Waals surface area contributed by atoms with Gasteiger partial charge in [-0.2, -0.15) is 0 Å². The number of carbonyl (C=O) groups excluding carboxylic acids is 1. The highest BCUT2D eigenvalue weighted by atomic mass is 35.5. The van der Waals surface area contributed by atoms with Crippen molar-refractivity contribution in [3.05, 3.63) is 0 Å². The van der Waals surface area contributed by atoms with Crippen LogP contribution in [0.3, 0.4) is 0 Å². The molecule has 1 aliphatic rings. The molecule has 2 N–H and O–H groups in total. The zero-order valence-electron chi connectivity index (χ0n) is 10.1. The monoisotopic (exact) mass is 250 g/mol. The minimum absolute atomic E-state index is 0. The molecule has 5 heteroatoms. The number of hydrogen-bond donors (Lipinski definition) is 2. The maximum atomic E-state index is 11.5. The van der Waals surface area contributed by atoms with Crippen molar-refractivity contribution in [3.63, 3.8) is 0 Å². The van der Waals surface area contributed by atoms with Gasteiger partial charge in [-0.05, 0) is 39.8 Å². The van der Waals surface area contributed by atoms with Gasteiger partial charge < -0.3 is 15.4 Å². The standard InChI is InChI=1S/C11H22N2O2.ClH/c1-9(2)15-8-5-11(14)13-10-3-6-12-7-4-10;/h9-10,12H,3-8H2,1-2H3,(H,13,14);1H. The molecule has 0 atom stereocenters. The summed E-state index contributed by atoms with van der Waals surface area (Å²) in [5.41, 5.74) is 0. The van der Waals surface area contributed by atoms with Crippen LogP contribution in [0.5, 0.6) is 0 Å². The molecule has 1 amide bonds. The van der Waals surface area contributed by atoms with Crippen molar-refractivity contribution < 1.29 is 9.53 Å². The van der Waals surface area contributed by atoms with Gasteiger partial charge in [0.25, 0.3) is 0 Å². The van der Waals surface area contributed by atoms with Crippen LogP contribution in [-0.2, 0) is 9.53 Å². The molecular weight excluding hydrogens is 228 g/mol. The van der Waals surface area contributed by atoms with Crippen molar-refractivity contribution in [2.24, 2.45) is 0 Å². The van der Waals surface area contributed by atoms with E-state index in [-0.39, 0.29) is 24.4 Å². The molecule has 96 valence electrons. The Morgan fingerprint density at radius 2 is 2.06 bits per heavy atom. The summed E-state index contributed by atoms with van der Waals surface area (Å²) in [5, 5.41) is 6.30. The Labute approximate surface area is 104 Å². The molecule has 0 radical (unpaired) electrons. The van der Waals surface area contributed by atoms with Gasteiger partial charge in [0.05, 0.1) is 12.7 Å². The molecule has 0 aromatic rings. The number of amides is 1. The normalized spacial score (nSPS) is 16.9. The molecule has 1 heterocycles. The molecule has 1 rings (SSSR count). The summed E-state index contributed by atoms with van der Waals surface area (Å²) < 4.78 is 5.33. The lowest BCUT2D eigenvalue weighted by Gasteiger charge is -2.23. The molecule has 0 saturated carbocycles. The predicted molar refractivity (Wildman–Crippen MR) is 67.0 cm³/mol. The van der Waals surface area contributed by atoms with Crippen LogP contribution in [0.25, 0.3) is 0 Å². The van der Waals surface area contributed by atoms with Crippen LogP contribution >= 0.6 is 12.4 Å². The van der Waals surface area contributed by atoms with Gasteiger partial charge in [-0.3, -0.25) is 4.79 Å². The molecule has 0 aromatic heterocycles. The van der Waals surface area contributed by atoms with Gasteiger partial charge in [-0.25, -0.2) is 0 Å². The van der Waals surface area contributed by atoms with Crippen LogP contribution in [0.15, 0.2) is 0 Å². The second kappa shape index (κ2) is 8.79. The van der Waals surface area contributed by atoms with E-state index in [9.17, 15) is 4.79 Å². The summed E-state index contributed by atoms with van der Waals surface area (Å²) >= 11 is 0. The first-order valence-electron chi connectivity index (χ1n) is 5.80. The number of piperidine rings is 1. The average Bonchev–Trinajstić information content (AvgIpc) is 2.18. The SMILES string of the molecule is CC(C)OCCC(=O)NC1CCNCC1.Cl. The first-order valence-corrected chi connectivity index (χ1v) is 5.80. The van der Waals surface area contributed by atoms with Crippen LogP contribution in [0.2, 0.25) is 0 Å². The largest absolute Gasteiger partial charge is 0.378 e. The van der Waals surface area contributed by atoms with Gasteiger partial charge in [-0.15, -0.1) is 12.4 Å². The van der Waals surface area contributed by atoms with E-state index in [4.69, 9.17) is 4.74 Å². The molecule has 0 aromatic carbocycles. The maximum absolute atomic E-state index is 11.5. The molecule has 0 bridgehead atoms. The summed E-state index contributed by atoms with van der Waals surface area (Å²) in [6.07, 6.45) is 2.76. The lowest BCUT2D eigenvalue weighted by molar-refractivity contribution is -0.123. The smallest absolute Gasteiger partial charge is 0.222 e. The number of carbonyl (C=O) groups is 1. The van der Waals surface area contributed by atoms with E-state index in [1.54, 1.807) is 0 Å². The van der Waals surface area contributed by atoms with Crippen LogP contribution in [0, 0.1) is 0 Å². The van der Waals surface area contributed by atoms with E-state index in [0.29, 0.717) is 19.1 Å². The molecule has 0 spiro atoms. The summed E-state index contributed by atoms with van der Waals surface area (Å²) in [4.78, 5) is 11.5. The Bertz CT molecular complexity index is 194. The van der Waals surface area contributed by atoms with Crippen molar-refractivity contribution in [2.75, 3.05) is 19.7 Å². The highest BCUT2D eigenvalue weighted by Crippen LogP contribution is 2.02. The van der Waals surface area contributed by atoms with E-state index in [0.717, 1.165) is 25.9 Å². The third kappa shape index (κ3) is 7.04. The first kappa shape index (κ1) is 15.7. The van der Waals surface area contributed by atoms with Crippen LogP contribution < -0.4 is 10.6 Å². The van der Waals surface area contributed by atoms with Gasteiger partial charge in [0.15, 0.2) is 0 Å². The molecule has 1 fully saturated rings. The summed E-state index contributed by atoms with van der Waals surface area (Å²) in [7, 11) is 0. The quantitative estimate of drug-likeness (QED) is 0.768. The average molecular weight is 251 g/mol. The number of nitrogens with one attached hydrogen (secondary N) is 2. The Balaban J connectivity index is 0.00000225. The number of rotatable bonds is 5. The minimum Gasteiger partial charge on any atom is -0.378 e. The van der Waals surface area contributed by atoms with Gasteiger partial charge in [0.1, 0.15) is 0 Å². The highest BCUT2D eigenvalue weighted by molar-refractivity contribution is 5.85. The molecule has 4 nitrogen and oxygen atoms in total. The summed E-state index contributed by atoms with van der Waals surface area (Å²) in [5.74, 6) is 0.113. The van der Waals surface area contributed by atoms with Gasteiger partial charge in [-0.1, -0.05) is 0 Å². The Morgan fingerprint density at radius 3 is 2.62 bits per heavy atom. The summed E-state index contributed by atoms with van der Waals surface area (Å²) in [6.45, 7) is 6.49. The van der Waals surface area contributed by atoms with Gasteiger partial charge in [0, 0.05) is 12.5 Å². The predicted octanol–water partition coefficient (Wildman–Crippen LogP) is 1.09. The van der Waals surface area contributed by atoms with Crippen molar-refractivity contribution in [2.45, 2.75) is 45.3 Å². The van der Waals surface area contributed by atoms with E-state index >= 15 is 0 Å². The fourth-order valence-corrected chi connectivity index (χ4v) is 1.65. The van der Waals surface area contributed by atoms with Crippen LogP contribution in [-0.4, -0.2) is 37.7 Å². The third-order valence-corrected chi connectivity index (χ3v) is 2.48. The fourth-order valence-electron chi connectivity index (χ4n) is 1.65.